The first-order chi connectivity index (χ1) is 13.1. The van der Waals surface area contributed by atoms with Gasteiger partial charge in [0.15, 0.2) is 5.78 Å². The molecule has 0 aliphatic carbocycles. The van der Waals surface area contributed by atoms with Crippen LogP contribution >= 0.6 is 0 Å². The summed E-state index contributed by atoms with van der Waals surface area (Å²) in [5, 5.41) is 4.28. The molecule has 4 heteroatoms. The average Bonchev–Trinajstić information content (AvgIpc) is 2.67. The molecule has 2 aromatic carbocycles. The Kier molecular flexibility index (Phi) is 5.97. The van der Waals surface area contributed by atoms with E-state index < -0.39 is 0 Å². The molecule has 0 bridgehead atoms. The lowest BCUT2D eigenvalue weighted by atomic mass is 10.0. The van der Waals surface area contributed by atoms with E-state index in [1.54, 1.807) is 13.1 Å². The van der Waals surface area contributed by atoms with Crippen molar-refractivity contribution >= 4 is 33.8 Å². The standard InChI is InChI=1S/C23H24N2O2/c1-3-7-19(27)12-10-17-11-13-22-20(14-17)23(21(15-24-22)16(2)26)25-18-8-5-4-6-9-18/h4-6,8-9,11,13-15H,3,7,10,12H2,1-2H3,(H,24,25). The zero-order valence-corrected chi connectivity index (χ0v) is 15.8. The van der Waals surface area contributed by atoms with Crippen molar-refractivity contribution in [1.29, 1.82) is 0 Å². The Hall–Kier alpha value is -3.01. The number of carbonyl (C=O) groups excluding carboxylic acids is 2. The van der Waals surface area contributed by atoms with Gasteiger partial charge in [0.05, 0.1) is 16.8 Å². The molecule has 1 N–H and O–H groups in total. The average molecular weight is 360 g/mol. The molecule has 0 amide bonds. The van der Waals surface area contributed by atoms with Crippen molar-refractivity contribution in [2.45, 2.75) is 39.5 Å². The topological polar surface area (TPSA) is 59.1 Å². The third-order valence-corrected chi connectivity index (χ3v) is 4.58. The van der Waals surface area contributed by atoms with Gasteiger partial charge in [-0.1, -0.05) is 31.2 Å². The number of aryl methyl sites for hydroxylation is 1. The van der Waals surface area contributed by atoms with Crippen LogP contribution in [-0.4, -0.2) is 16.6 Å². The predicted molar refractivity (Wildman–Crippen MR) is 110 cm³/mol. The number of carbonyl (C=O) groups is 2. The van der Waals surface area contributed by atoms with Crippen molar-refractivity contribution in [3.05, 3.63) is 65.9 Å². The highest BCUT2D eigenvalue weighted by Crippen LogP contribution is 2.30. The molecular formula is C23H24N2O2. The van der Waals surface area contributed by atoms with Crippen molar-refractivity contribution in [2.24, 2.45) is 0 Å². The summed E-state index contributed by atoms with van der Waals surface area (Å²) in [7, 11) is 0. The van der Waals surface area contributed by atoms with Gasteiger partial charge in [-0.15, -0.1) is 0 Å². The van der Waals surface area contributed by atoms with Crippen LogP contribution in [0.5, 0.6) is 0 Å². The number of Topliss-reactive ketones (excluding diaryl/α,β-unsaturated/α-hetero) is 2. The Morgan fingerprint density at radius 2 is 1.81 bits per heavy atom. The molecule has 0 aliphatic rings. The second-order valence-corrected chi connectivity index (χ2v) is 6.73. The normalized spacial score (nSPS) is 10.7. The second-order valence-electron chi connectivity index (χ2n) is 6.73. The van der Waals surface area contributed by atoms with Crippen molar-refractivity contribution in [2.75, 3.05) is 5.32 Å². The monoisotopic (exact) mass is 360 g/mol. The lowest BCUT2D eigenvalue weighted by molar-refractivity contribution is -0.119. The number of pyridine rings is 1. The zero-order valence-electron chi connectivity index (χ0n) is 15.8. The molecule has 0 atom stereocenters. The highest BCUT2D eigenvalue weighted by molar-refractivity contribution is 6.08. The Morgan fingerprint density at radius 3 is 2.52 bits per heavy atom. The molecule has 4 nitrogen and oxygen atoms in total. The summed E-state index contributed by atoms with van der Waals surface area (Å²) in [6.45, 7) is 3.57. The van der Waals surface area contributed by atoms with E-state index in [0.717, 1.165) is 34.3 Å². The number of nitrogens with zero attached hydrogens (tertiary/aromatic N) is 1. The molecule has 0 saturated heterocycles. The fraction of sp³-hybridized carbons (Fsp3) is 0.261. The fourth-order valence-corrected chi connectivity index (χ4v) is 3.15. The lowest BCUT2D eigenvalue weighted by Crippen LogP contribution is -2.03. The van der Waals surface area contributed by atoms with Crippen molar-refractivity contribution in [1.82, 2.24) is 4.98 Å². The number of benzene rings is 2. The maximum absolute atomic E-state index is 12.1. The molecule has 0 fully saturated rings. The van der Waals surface area contributed by atoms with Crippen molar-refractivity contribution in [3.63, 3.8) is 0 Å². The van der Waals surface area contributed by atoms with Gasteiger partial charge in [-0.05, 0) is 49.6 Å². The first-order valence-corrected chi connectivity index (χ1v) is 9.35. The van der Waals surface area contributed by atoms with Crippen LogP contribution in [-0.2, 0) is 11.2 Å². The minimum absolute atomic E-state index is 0.0358. The molecule has 0 aliphatic heterocycles. The molecule has 1 aromatic heterocycles. The fourth-order valence-electron chi connectivity index (χ4n) is 3.15. The summed E-state index contributed by atoms with van der Waals surface area (Å²) < 4.78 is 0. The van der Waals surface area contributed by atoms with Crippen molar-refractivity contribution in [3.8, 4) is 0 Å². The first-order valence-electron chi connectivity index (χ1n) is 9.35. The molecule has 1 heterocycles. The SMILES string of the molecule is CCCC(=O)CCc1ccc2ncc(C(C)=O)c(Nc3ccccc3)c2c1. The van der Waals surface area contributed by atoms with E-state index in [1.165, 1.54) is 0 Å². The number of ketones is 2. The Bertz CT molecular complexity index is 965. The Labute approximate surface area is 159 Å². The third-order valence-electron chi connectivity index (χ3n) is 4.58. The number of fused-ring (bicyclic) bond motifs is 1. The van der Waals surface area contributed by atoms with Gasteiger partial charge >= 0.3 is 0 Å². The quantitative estimate of drug-likeness (QED) is 0.540. The van der Waals surface area contributed by atoms with Crippen LogP contribution in [0.15, 0.2) is 54.7 Å². The molecule has 3 aromatic rings. The number of hydrogen-bond acceptors (Lipinski definition) is 4. The van der Waals surface area contributed by atoms with Crippen LogP contribution in [0.3, 0.4) is 0 Å². The molecule has 3 rings (SSSR count). The van der Waals surface area contributed by atoms with Crippen LogP contribution in [0.2, 0.25) is 0 Å². The van der Waals surface area contributed by atoms with Gasteiger partial charge in [0.2, 0.25) is 0 Å². The van der Waals surface area contributed by atoms with Crippen LogP contribution in [0.25, 0.3) is 10.9 Å². The number of nitrogens with one attached hydrogen (secondary N) is 1. The summed E-state index contributed by atoms with van der Waals surface area (Å²) in [5.74, 6) is 0.252. The van der Waals surface area contributed by atoms with E-state index in [9.17, 15) is 9.59 Å². The molecule has 0 unspecified atom stereocenters. The molecule has 0 spiro atoms. The molecule has 27 heavy (non-hydrogen) atoms. The lowest BCUT2D eigenvalue weighted by Gasteiger charge is -2.14. The highest BCUT2D eigenvalue weighted by Gasteiger charge is 2.14. The number of hydrogen-bond donors (Lipinski definition) is 1. The Morgan fingerprint density at radius 1 is 1.04 bits per heavy atom. The van der Waals surface area contributed by atoms with Gasteiger partial charge in [0, 0.05) is 30.1 Å². The predicted octanol–water partition coefficient (Wildman–Crippen LogP) is 5.48. The minimum Gasteiger partial charge on any atom is -0.354 e. The smallest absolute Gasteiger partial charge is 0.163 e. The summed E-state index contributed by atoms with van der Waals surface area (Å²) in [5.41, 5.74) is 4.13. The highest BCUT2D eigenvalue weighted by atomic mass is 16.1. The van der Waals surface area contributed by atoms with Crippen LogP contribution < -0.4 is 5.32 Å². The number of rotatable bonds is 8. The largest absolute Gasteiger partial charge is 0.354 e. The summed E-state index contributed by atoms with van der Waals surface area (Å²) in [6.07, 6.45) is 4.38. The maximum Gasteiger partial charge on any atom is 0.163 e. The Balaban J connectivity index is 2.00. The summed E-state index contributed by atoms with van der Waals surface area (Å²) in [6, 6.07) is 15.8. The summed E-state index contributed by atoms with van der Waals surface area (Å²) >= 11 is 0. The second kappa shape index (κ2) is 8.58. The molecule has 0 radical (unpaired) electrons. The third kappa shape index (κ3) is 4.59. The van der Waals surface area contributed by atoms with Gasteiger partial charge in [0.1, 0.15) is 5.78 Å². The zero-order chi connectivity index (χ0) is 19.2. The molecule has 0 saturated carbocycles. The van der Waals surface area contributed by atoms with E-state index in [4.69, 9.17) is 0 Å². The summed E-state index contributed by atoms with van der Waals surface area (Å²) in [4.78, 5) is 28.5. The van der Waals surface area contributed by atoms with Gasteiger partial charge in [-0.3, -0.25) is 14.6 Å². The van der Waals surface area contributed by atoms with Crippen LogP contribution in [0.4, 0.5) is 11.4 Å². The van der Waals surface area contributed by atoms with E-state index >= 15 is 0 Å². The van der Waals surface area contributed by atoms with Crippen LogP contribution in [0.1, 0.15) is 49.0 Å². The van der Waals surface area contributed by atoms with Gasteiger partial charge in [-0.2, -0.15) is 0 Å². The van der Waals surface area contributed by atoms with Gasteiger partial charge in [0.25, 0.3) is 0 Å². The van der Waals surface area contributed by atoms with E-state index in [0.29, 0.717) is 24.8 Å². The minimum atomic E-state index is -0.0358. The van der Waals surface area contributed by atoms with Gasteiger partial charge < -0.3 is 5.32 Å². The van der Waals surface area contributed by atoms with Gasteiger partial charge in [-0.25, -0.2) is 0 Å². The first kappa shape index (κ1) is 18.8. The number of para-hydroxylation sites is 1. The van der Waals surface area contributed by atoms with Crippen LogP contribution in [0, 0.1) is 0 Å². The molecule has 138 valence electrons. The maximum atomic E-state index is 12.1. The van der Waals surface area contributed by atoms with E-state index in [2.05, 4.69) is 10.3 Å². The number of aromatic nitrogens is 1. The molecular weight excluding hydrogens is 336 g/mol. The van der Waals surface area contributed by atoms with E-state index in [-0.39, 0.29) is 11.6 Å². The van der Waals surface area contributed by atoms with Crippen molar-refractivity contribution < 1.29 is 9.59 Å². The van der Waals surface area contributed by atoms with E-state index in [1.807, 2.05) is 55.5 Å². The number of anilines is 2.